The van der Waals surface area contributed by atoms with E-state index in [1.807, 2.05) is 4.98 Å². The van der Waals surface area contributed by atoms with Crippen LogP contribution in [0.25, 0.3) is 0 Å². The van der Waals surface area contributed by atoms with Crippen LogP contribution in [0.3, 0.4) is 0 Å². The van der Waals surface area contributed by atoms with Crippen molar-refractivity contribution in [1.29, 1.82) is 0 Å². The lowest BCUT2D eigenvalue weighted by atomic mass is 10.2. The molecule has 1 heterocycles. The van der Waals surface area contributed by atoms with Crippen molar-refractivity contribution in [3.8, 4) is 0 Å². The van der Waals surface area contributed by atoms with Gasteiger partial charge in [0.15, 0.2) is 0 Å². The van der Waals surface area contributed by atoms with E-state index < -0.39 is 17.8 Å². The van der Waals surface area contributed by atoms with E-state index in [0.29, 0.717) is 0 Å². The maximum Gasteiger partial charge on any atom is 0.431 e. The quantitative estimate of drug-likeness (QED) is 0.712. The molecule has 0 fully saturated rings. The predicted octanol–water partition coefficient (Wildman–Crippen LogP) is 1.86. The monoisotopic (exact) mass is 222 g/mol. The summed E-state index contributed by atoms with van der Waals surface area (Å²) in [5, 5.41) is 0. The number of carbonyl (C=O) groups is 1. The molecule has 0 aromatic carbocycles. The molecule has 1 aromatic rings. The number of amides is 1. The molecule has 1 aromatic heterocycles. The number of hydrogen-bond acceptors (Lipinski definition) is 2. The molecule has 76 valence electrons. The van der Waals surface area contributed by atoms with Crippen LogP contribution in [0.2, 0.25) is 0 Å². The molecular formula is C7H5F3N2OS. The van der Waals surface area contributed by atoms with E-state index in [1.54, 1.807) is 0 Å². The second-order valence-corrected chi connectivity index (χ2v) is 2.89. The number of hydrogen-bond donors (Lipinski definition) is 2. The number of aromatic nitrogens is 1. The van der Waals surface area contributed by atoms with Gasteiger partial charge in [-0.05, 0) is 12.1 Å². The van der Waals surface area contributed by atoms with Crippen molar-refractivity contribution in [2.75, 3.05) is 0 Å². The molecule has 7 heteroatoms. The first-order valence-corrected chi connectivity index (χ1v) is 3.83. The molecule has 14 heavy (non-hydrogen) atoms. The first kappa shape index (κ1) is 10.7. The van der Waals surface area contributed by atoms with Crippen LogP contribution in [0.5, 0.6) is 0 Å². The summed E-state index contributed by atoms with van der Waals surface area (Å²) >= 11 is 4.53. The number of aromatic amines is 1. The molecular weight excluding hydrogens is 217 g/mol. The third-order valence-corrected chi connectivity index (χ3v) is 1.80. The van der Waals surface area contributed by atoms with E-state index in [9.17, 15) is 18.0 Å². The molecule has 0 aliphatic carbocycles. The van der Waals surface area contributed by atoms with Gasteiger partial charge in [0, 0.05) is 0 Å². The molecule has 0 saturated carbocycles. The molecule has 0 radical (unpaired) electrons. The Hall–Kier alpha value is -1.37. The summed E-state index contributed by atoms with van der Waals surface area (Å²) in [6.45, 7) is 0. The van der Waals surface area contributed by atoms with Gasteiger partial charge in [-0.3, -0.25) is 4.79 Å². The number of nitrogens with one attached hydrogen (secondary N) is 1. The lowest BCUT2D eigenvalue weighted by Crippen LogP contribution is -2.14. The normalized spacial score (nSPS) is 11.4. The Morgan fingerprint density at radius 3 is 2.36 bits per heavy atom. The zero-order chi connectivity index (χ0) is 10.9. The molecule has 1 amide bonds. The Bertz CT molecular complexity index is 424. The summed E-state index contributed by atoms with van der Waals surface area (Å²) in [4.78, 5) is 12.5. The van der Waals surface area contributed by atoms with Crippen LogP contribution < -0.4 is 5.73 Å². The van der Waals surface area contributed by atoms with Gasteiger partial charge in [-0.25, -0.2) is 0 Å². The van der Waals surface area contributed by atoms with Crippen molar-refractivity contribution >= 4 is 18.1 Å². The summed E-state index contributed by atoms with van der Waals surface area (Å²) < 4.78 is 36.0. The van der Waals surface area contributed by atoms with Gasteiger partial charge in [-0.15, -0.1) is 0 Å². The van der Waals surface area contributed by atoms with Gasteiger partial charge in [0.1, 0.15) is 10.3 Å². The fraction of sp³-hybridized carbons (Fsp3) is 0.143. The summed E-state index contributed by atoms with van der Waals surface area (Å²) in [6.07, 6.45) is -4.51. The number of alkyl halides is 3. The zero-order valence-corrected chi connectivity index (χ0v) is 7.50. The van der Waals surface area contributed by atoms with Gasteiger partial charge in [0.05, 0.1) is 5.56 Å². The average molecular weight is 222 g/mol. The fourth-order valence-corrected chi connectivity index (χ4v) is 1.11. The van der Waals surface area contributed by atoms with Gasteiger partial charge in [-0.1, -0.05) is 12.2 Å². The maximum absolute atomic E-state index is 12.1. The van der Waals surface area contributed by atoms with Crippen molar-refractivity contribution < 1.29 is 18.0 Å². The summed E-state index contributed by atoms with van der Waals surface area (Å²) in [5.74, 6) is -0.861. The molecule has 0 aliphatic rings. The van der Waals surface area contributed by atoms with Crippen LogP contribution in [-0.4, -0.2) is 10.9 Å². The van der Waals surface area contributed by atoms with Crippen molar-refractivity contribution in [2.24, 2.45) is 5.73 Å². The molecule has 0 saturated heterocycles. The topological polar surface area (TPSA) is 58.9 Å². The fourth-order valence-electron chi connectivity index (χ4n) is 0.833. The average Bonchev–Trinajstić information content (AvgIpc) is 2.01. The Kier molecular flexibility index (Phi) is 2.61. The molecule has 0 aliphatic heterocycles. The van der Waals surface area contributed by atoms with E-state index in [1.165, 1.54) is 0 Å². The largest absolute Gasteiger partial charge is 0.431 e. The number of primary amides is 1. The van der Waals surface area contributed by atoms with E-state index in [2.05, 4.69) is 12.2 Å². The highest BCUT2D eigenvalue weighted by Gasteiger charge is 2.31. The highest BCUT2D eigenvalue weighted by molar-refractivity contribution is 7.71. The van der Waals surface area contributed by atoms with E-state index in [0.717, 1.165) is 12.1 Å². The van der Waals surface area contributed by atoms with Crippen LogP contribution in [0.1, 0.15) is 16.1 Å². The Balaban J connectivity index is 3.27. The zero-order valence-electron chi connectivity index (χ0n) is 6.68. The Labute approximate surface area is 81.7 Å². The second kappa shape index (κ2) is 3.41. The molecule has 0 bridgehead atoms. The molecule has 0 spiro atoms. The minimum absolute atomic E-state index is 0.131. The van der Waals surface area contributed by atoms with Crippen LogP contribution in [-0.2, 0) is 6.18 Å². The van der Waals surface area contributed by atoms with Crippen molar-refractivity contribution in [3.63, 3.8) is 0 Å². The summed E-state index contributed by atoms with van der Waals surface area (Å²) in [5.41, 5.74) is 3.73. The van der Waals surface area contributed by atoms with Crippen LogP contribution in [0.4, 0.5) is 13.2 Å². The van der Waals surface area contributed by atoms with Crippen molar-refractivity contribution in [1.82, 2.24) is 4.98 Å². The second-order valence-electron chi connectivity index (χ2n) is 2.48. The lowest BCUT2D eigenvalue weighted by molar-refractivity contribution is -0.141. The molecule has 3 N–H and O–H groups in total. The number of nitrogens with two attached hydrogens (primary N) is 1. The van der Waals surface area contributed by atoms with E-state index in [-0.39, 0.29) is 10.2 Å². The minimum atomic E-state index is -4.51. The minimum Gasteiger partial charge on any atom is -0.366 e. The third-order valence-electron chi connectivity index (χ3n) is 1.48. The van der Waals surface area contributed by atoms with Gasteiger partial charge in [0.2, 0.25) is 0 Å². The van der Waals surface area contributed by atoms with Crippen LogP contribution in [0, 0.1) is 4.64 Å². The molecule has 1 rings (SSSR count). The van der Waals surface area contributed by atoms with Gasteiger partial charge >= 0.3 is 6.18 Å². The Morgan fingerprint density at radius 1 is 1.43 bits per heavy atom. The SMILES string of the molecule is NC(=O)c1ccc(C(F)(F)F)[nH]c1=S. The number of H-pyrrole nitrogens is 1. The predicted molar refractivity (Wildman–Crippen MR) is 45.1 cm³/mol. The highest BCUT2D eigenvalue weighted by Crippen LogP contribution is 2.27. The van der Waals surface area contributed by atoms with Crippen LogP contribution >= 0.6 is 12.2 Å². The van der Waals surface area contributed by atoms with Crippen molar-refractivity contribution in [2.45, 2.75) is 6.18 Å². The smallest absolute Gasteiger partial charge is 0.366 e. The summed E-state index contributed by atoms with van der Waals surface area (Å²) in [7, 11) is 0. The molecule has 0 atom stereocenters. The van der Waals surface area contributed by atoms with Gasteiger partial charge < -0.3 is 10.7 Å². The van der Waals surface area contributed by atoms with E-state index >= 15 is 0 Å². The first-order chi connectivity index (χ1) is 6.32. The first-order valence-electron chi connectivity index (χ1n) is 3.42. The molecule has 3 nitrogen and oxygen atoms in total. The highest BCUT2D eigenvalue weighted by atomic mass is 32.1. The number of rotatable bonds is 1. The van der Waals surface area contributed by atoms with Crippen LogP contribution in [0.15, 0.2) is 12.1 Å². The number of halogens is 3. The number of pyridine rings is 1. The maximum atomic E-state index is 12.1. The number of carbonyl (C=O) groups excluding carboxylic acids is 1. The van der Waals surface area contributed by atoms with Gasteiger partial charge in [0.25, 0.3) is 5.91 Å². The Morgan fingerprint density at radius 2 is 2.00 bits per heavy atom. The molecule has 0 unspecified atom stereocenters. The third kappa shape index (κ3) is 2.11. The van der Waals surface area contributed by atoms with E-state index in [4.69, 9.17) is 5.73 Å². The van der Waals surface area contributed by atoms with Gasteiger partial charge in [-0.2, -0.15) is 13.2 Å². The van der Waals surface area contributed by atoms with Crippen molar-refractivity contribution in [3.05, 3.63) is 28.0 Å². The lowest BCUT2D eigenvalue weighted by Gasteiger charge is -2.06. The summed E-state index contributed by atoms with van der Waals surface area (Å²) in [6, 6.07) is 1.67. The standard InChI is InChI=1S/C7H5F3N2OS/c8-7(9,10)4-2-1-3(5(11)13)6(14)12-4/h1-2H,(H2,11,13)(H,12,14).